The maximum Gasteiger partial charge on any atom is 0.305 e. The maximum absolute atomic E-state index is 9.92. The summed E-state index contributed by atoms with van der Waals surface area (Å²) in [5.74, 6) is -1.22. The normalized spacial score (nSPS) is 9.17. The second-order valence-corrected chi connectivity index (χ2v) is 3.05. The molecule has 0 fully saturated rings. The fraction of sp³-hybridized carbons (Fsp3) is 0.750. The number of hydrogen-bond acceptors (Lipinski definition) is 2. The molecule has 3 N–H and O–H groups in total. The summed E-state index contributed by atoms with van der Waals surface area (Å²) in [4.78, 5) is 19.6. The van der Waals surface area contributed by atoms with E-state index in [1.165, 1.54) is 0 Å². The molecule has 0 saturated carbocycles. The van der Waals surface area contributed by atoms with E-state index in [1.807, 2.05) is 0 Å². The van der Waals surface area contributed by atoms with Crippen LogP contribution < -0.4 is 5.73 Å². The van der Waals surface area contributed by atoms with E-state index in [2.05, 4.69) is 0 Å². The molecule has 0 rings (SSSR count). The standard InChI is InChI=1S/C4H9NO.C4H8O2/c2*1-3(2)4(5)6/h3H,1-2H3,(H2,5,6);3H,1-2H3,(H,5,6). The predicted octanol–water partition coefficient (Wildman–Crippen LogP) is 0.855. The highest BCUT2D eigenvalue weighted by atomic mass is 16.4. The van der Waals surface area contributed by atoms with E-state index < -0.39 is 5.97 Å². The van der Waals surface area contributed by atoms with Crippen LogP contribution in [0.1, 0.15) is 27.7 Å². The van der Waals surface area contributed by atoms with E-state index in [0.29, 0.717) is 0 Å². The Balaban J connectivity index is 0. The van der Waals surface area contributed by atoms with E-state index in [4.69, 9.17) is 10.8 Å². The van der Waals surface area contributed by atoms with Crippen molar-refractivity contribution in [1.82, 2.24) is 0 Å². The van der Waals surface area contributed by atoms with Gasteiger partial charge in [-0.2, -0.15) is 0 Å². The molecule has 0 atom stereocenters. The largest absolute Gasteiger partial charge is 0.481 e. The number of rotatable bonds is 2. The Bertz CT molecular complexity index is 134. The lowest BCUT2D eigenvalue weighted by Crippen LogP contribution is -2.17. The molecule has 0 bridgehead atoms. The summed E-state index contributed by atoms with van der Waals surface area (Å²) in [5.41, 5.74) is 4.80. The van der Waals surface area contributed by atoms with Crippen LogP contribution in [0.2, 0.25) is 0 Å². The number of primary amides is 1. The lowest BCUT2D eigenvalue weighted by atomic mass is 10.2. The van der Waals surface area contributed by atoms with Crippen LogP contribution in [-0.2, 0) is 9.59 Å². The van der Waals surface area contributed by atoms with Gasteiger partial charge in [-0.05, 0) is 0 Å². The molecule has 0 aromatic heterocycles. The summed E-state index contributed by atoms with van der Waals surface area (Å²) in [7, 11) is 0. The Labute approximate surface area is 72.8 Å². The van der Waals surface area contributed by atoms with Crippen molar-refractivity contribution in [3.05, 3.63) is 0 Å². The quantitative estimate of drug-likeness (QED) is 0.653. The highest BCUT2D eigenvalue weighted by Crippen LogP contribution is 1.87. The summed E-state index contributed by atoms with van der Waals surface area (Å²) < 4.78 is 0. The predicted molar refractivity (Wildman–Crippen MR) is 46.5 cm³/mol. The molecule has 0 radical (unpaired) electrons. The van der Waals surface area contributed by atoms with Crippen molar-refractivity contribution in [2.45, 2.75) is 27.7 Å². The van der Waals surface area contributed by atoms with Gasteiger partial charge in [0.1, 0.15) is 0 Å². The van der Waals surface area contributed by atoms with E-state index in [0.717, 1.165) is 0 Å². The summed E-state index contributed by atoms with van der Waals surface area (Å²) in [6.45, 7) is 6.81. The smallest absolute Gasteiger partial charge is 0.305 e. The van der Waals surface area contributed by atoms with E-state index in [9.17, 15) is 9.59 Å². The second-order valence-electron chi connectivity index (χ2n) is 3.05. The van der Waals surface area contributed by atoms with Crippen molar-refractivity contribution in [3.8, 4) is 0 Å². The van der Waals surface area contributed by atoms with Crippen LogP contribution in [0.25, 0.3) is 0 Å². The molecule has 0 aromatic rings. The van der Waals surface area contributed by atoms with Gasteiger partial charge in [0.25, 0.3) is 0 Å². The third-order valence-electron chi connectivity index (χ3n) is 1.06. The molecule has 0 unspecified atom stereocenters. The van der Waals surface area contributed by atoms with Gasteiger partial charge in [0.2, 0.25) is 5.91 Å². The Hall–Kier alpha value is -1.06. The minimum Gasteiger partial charge on any atom is -0.481 e. The molecule has 0 aromatic carbocycles. The monoisotopic (exact) mass is 175 g/mol. The average molecular weight is 175 g/mol. The van der Waals surface area contributed by atoms with Gasteiger partial charge in [-0.15, -0.1) is 0 Å². The molecule has 0 saturated heterocycles. The fourth-order valence-corrected chi connectivity index (χ4v) is 0. The first-order valence-corrected chi connectivity index (χ1v) is 3.81. The van der Waals surface area contributed by atoms with Crippen LogP contribution in [0, 0.1) is 11.8 Å². The Kier molecular flexibility index (Phi) is 7.48. The number of nitrogens with two attached hydrogens (primary N) is 1. The van der Waals surface area contributed by atoms with Crippen molar-refractivity contribution in [3.63, 3.8) is 0 Å². The van der Waals surface area contributed by atoms with Crippen LogP contribution in [0.15, 0.2) is 0 Å². The molecule has 1 amide bonds. The van der Waals surface area contributed by atoms with Crippen molar-refractivity contribution in [2.75, 3.05) is 0 Å². The van der Waals surface area contributed by atoms with Crippen LogP contribution >= 0.6 is 0 Å². The topological polar surface area (TPSA) is 80.4 Å². The number of hydrogen-bond donors (Lipinski definition) is 2. The highest BCUT2D eigenvalue weighted by molar-refractivity contribution is 5.75. The summed E-state index contributed by atoms with van der Waals surface area (Å²) in [6.07, 6.45) is 0. The zero-order valence-electron chi connectivity index (χ0n) is 8.00. The van der Waals surface area contributed by atoms with Gasteiger partial charge in [-0.1, -0.05) is 27.7 Å². The highest BCUT2D eigenvalue weighted by Gasteiger charge is 1.99. The maximum atomic E-state index is 9.92. The molecule has 12 heavy (non-hydrogen) atoms. The van der Waals surface area contributed by atoms with Crippen LogP contribution in [-0.4, -0.2) is 17.0 Å². The summed E-state index contributed by atoms with van der Waals surface area (Å²) >= 11 is 0. The second kappa shape index (κ2) is 6.64. The van der Waals surface area contributed by atoms with Gasteiger partial charge in [0.15, 0.2) is 0 Å². The molecular weight excluding hydrogens is 158 g/mol. The zero-order chi connectivity index (χ0) is 10.3. The number of carbonyl (C=O) groups excluding carboxylic acids is 1. The van der Waals surface area contributed by atoms with Crippen molar-refractivity contribution < 1.29 is 14.7 Å². The van der Waals surface area contributed by atoms with Gasteiger partial charge in [-0.25, -0.2) is 0 Å². The molecule has 0 aliphatic heterocycles. The molecule has 4 heteroatoms. The van der Waals surface area contributed by atoms with Crippen molar-refractivity contribution in [1.29, 1.82) is 0 Å². The Morgan fingerprint density at radius 2 is 1.25 bits per heavy atom. The number of aliphatic carboxylic acids is 1. The van der Waals surface area contributed by atoms with Gasteiger partial charge in [0, 0.05) is 5.92 Å². The molecule has 4 nitrogen and oxygen atoms in total. The summed E-state index contributed by atoms with van der Waals surface area (Å²) in [5, 5.41) is 7.99. The lowest BCUT2D eigenvalue weighted by molar-refractivity contribution is -0.140. The number of carbonyl (C=O) groups is 2. The molecule has 0 aliphatic carbocycles. The third-order valence-corrected chi connectivity index (χ3v) is 1.06. The Morgan fingerprint density at radius 1 is 1.08 bits per heavy atom. The van der Waals surface area contributed by atoms with E-state index in [1.54, 1.807) is 27.7 Å². The fourth-order valence-electron chi connectivity index (χ4n) is 0. The summed E-state index contributed by atoms with van der Waals surface area (Å²) in [6, 6.07) is 0. The van der Waals surface area contributed by atoms with E-state index in [-0.39, 0.29) is 17.7 Å². The third kappa shape index (κ3) is 11.7. The molecule has 0 heterocycles. The van der Waals surface area contributed by atoms with Crippen molar-refractivity contribution >= 4 is 11.9 Å². The minimum atomic E-state index is -0.741. The van der Waals surface area contributed by atoms with Gasteiger partial charge < -0.3 is 10.8 Å². The SMILES string of the molecule is CC(C)C(=O)O.CC(C)C(N)=O. The van der Waals surface area contributed by atoms with E-state index >= 15 is 0 Å². The first-order valence-electron chi connectivity index (χ1n) is 3.81. The zero-order valence-corrected chi connectivity index (χ0v) is 8.00. The average Bonchev–Trinajstić information content (AvgIpc) is 1.88. The van der Waals surface area contributed by atoms with Crippen LogP contribution in [0.5, 0.6) is 0 Å². The Morgan fingerprint density at radius 3 is 1.25 bits per heavy atom. The van der Waals surface area contributed by atoms with Crippen molar-refractivity contribution in [2.24, 2.45) is 17.6 Å². The first-order chi connectivity index (χ1) is 5.29. The van der Waals surface area contributed by atoms with Crippen LogP contribution in [0.4, 0.5) is 0 Å². The number of amides is 1. The van der Waals surface area contributed by atoms with Crippen LogP contribution in [0.3, 0.4) is 0 Å². The van der Waals surface area contributed by atoms with Gasteiger partial charge >= 0.3 is 5.97 Å². The molecule has 72 valence electrons. The first kappa shape index (κ1) is 13.5. The number of carboxylic acid groups (broad SMARTS) is 1. The van der Waals surface area contributed by atoms with Gasteiger partial charge in [-0.3, -0.25) is 9.59 Å². The van der Waals surface area contributed by atoms with Gasteiger partial charge in [0.05, 0.1) is 5.92 Å². The molecular formula is C8H17NO3. The minimum absolute atomic E-state index is 0.00926. The lowest BCUT2D eigenvalue weighted by Gasteiger charge is -1.90. The molecule has 0 aliphatic rings. The molecule has 0 spiro atoms. The number of carboxylic acids is 1.